The zero-order valence-electron chi connectivity index (χ0n) is 11.0. The second kappa shape index (κ2) is 5.21. The fraction of sp³-hybridized carbons (Fsp3) is 0.250. The first-order valence-corrected chi connectivity index (χ1v) is 6.01. The van der Waals surface area contributed by atoms with Crippen LogP contribution < -0.4 is 4.74 Å². The third kappa shape index (κ3) is 3.10. The molecule has 0 fully saturated rings. The van der Waals surface area contributed by atoms with Gasteiger partial charge in [-0.15, -0.1) is 0 Å². The number of hydrogen-bond acceptors (Lipinski definition) is 1. The Morgan fingerprint density at radius 3 is 2.22 bits per heavy atom. The van der Waals surface area contributed by atoms with Crippen LogP contribution in [0.2, 0.25) is 0 Å². The average Bonchev–Trinajstić information content (AvgIpc) is 2.26. The van der Waals surface area contributed by atoms with Gasteiger partial charge in [-0.1, -0.05) is 12.1 Å². The van der Waals surface area contributed by atoms with Gasteiger partial charge in [0.15, 0.2) is 0 Å². The van der Waals surface area contributed by atoms with Crippen molar-refractivity contribution in [3.63, 3.8) is 0 Å². The van der Waals surface area contributed by atoms with E-state index in [-0.39, 0.29) is 5.82 Å². The summed E-state index contributed by atoms with van der Waals surface area (Å²) in [5.41, 5.74) is 4.29. The highest BCUT2D eigenvalue weighted by molar-refractivity contribution is 5.33. The first-order chi connectivity index (χ1) is 8.54. The van der Waals surface area contributed by atoms with E-state index in [9.17, 15) is 4.39 Å². The average molecular weight is 244 g/mol. The Balaban J connectivity index is 2.11. The maximum absolute atomic E-state index is 13.0. The van der Waals surface area contributed by atoms with E-state index in [0.717, 1.165) is 16.9 Å². The lowest BCUT2D eigenvalue weighted by Gasteiger charge is -2.10. The Morgan fingerprint density at radius 2 is 1.61 bits per heavy atom. The van der Waals surface area contributed by atoms with E-state index in [2.05, 4.69) is 6.07 Å². The molecule has 1 nitrogen and oxygen atoms in total. The van der Waals surface area contributed by atoms with Gasteiger partial charge in [0, 0.05) is 0 Å². The van der Waals surface area contributed by atoms with Crippen LogP contribution in [-0.4, -0.2) is 0 Å². The Hall–Kier alpha value is -1.83. The van der Waals surface area contributed by atoms with Crippen LogP contribution in [0.15, 0.2) is 36.4 Å². The van der Waals surface area contributed by atoms with Crippen molar-refractivity contribution in [3.8, 4) is 5.75 Å². The summed E-state index contributed by atoms with van der Waals surface area (Å²) in [6.45, 7) is 6.45. The van der Waals surface area contributed by atoms with Crippen LogP contribution >= 0.6 is 0 Å². The lowest BCUT2D eigenvalue weighted by molar-refractivity contribution is 0.305. The molecule has 0 heterocycles. The van der Waals surface area contributed by atoms with Crippen LogP contribution in [0.25, 0.3) is 0 Å². The summed E-state index contributed by atoms with van der Waals surface area (Å²) in [7, 11) is 0. The van der Waals surface area contributed by atoms with Crippen molar-refractivity contribution in [1.82, 2.24) is 0 Å². The quantitative estimate of drug-likeness (QED) is 0.780. The van der Waals surface area contributed by atoms with Crippen molar-refractivity contribution < 1.29 is 9.13 Å². The van der Waals surface area contributed by atoms with E-state index in [1.54, 1.807) is 6.07 Å². The van der Waals surface area contributed by atoms with Crippen LogP contribution in [0.5, 0.6) is 5.75 Å². The van der Waals surface area contributed by atoms with Gasteiger partial charge in [-0.2, -0.15) is 0 Å². The number of benzene rings is 2. The molecule has 0 unspecified atom stereocenters. The first kappa shape index (κ1) is 12.6. The fourth-order valence-corrected chi connectivity index (χ4v) is 2.00. The van der Waals surface area contributed by atoms with E-state index >= 15 is 0 Å². The molecule has 0 saturated heterocycles. The van der Waals surface area contributed by atoms with E-state index < -0.39 is 0 Å². The van der Waals surface area contributed by atoms with Crippen LogP contribution in [0.3, 0.4) is 0 Å². The van der Waals surface area contributed by atoms with Gasteiger partial charge in [-0.25, -0.2) is 4.39 Å². The molecule has 2 heteroatoms. The molecule has 18 heavy (non-hydrogen) atoms. The molecule has 2 rings (SSSR count). The molecule has 0 aromatic heterocycles. The number of aryl methyl sites for hydroxylation is 3. The molecular formula is C16H17FO. The van der Waals surface area contributed by atoms with E-state index in [4.69, 9.17) is 4.74 Å². The number of hydrogen-bond donors (Lipinski definition) is 0. The number of rotatable bonds is 3. The smallest absolute Gasteiger partial charge is 0.123 e. The molecule has 2 aromatic carbocycles. The maximum Gasteiger partial charge on any atom is 0.123 e. The summed E-state index contributed by atoms with van der Waals surface area (Å²) >= 11 is 0. The number of ether oxygens (including phenoxy) is 1. The van der Waals surface area contributed by atoms with Crippen molar-refractivity contribution in [2.75, 3.05) is 0 Å². The minimum Gasteiger partial charge on any atom is -0.489 e. The Bertz CT molecular complexity index is 541. The predicted molar refractivity (Wildman–Crippen MR) is 71.4 cm³/mol. The molecule has 0 radical (unpaired) electrons. The van der Waals surface area contributed by atoms with Gasteiger partial charge in [0.05, 0.1) is 0 Å². The summed E-state index contributed by atoms with van der Waals surface area (Å²) in [5, 5.41) is 0. The van der Waals surface area contributed by atoms with Gasteiger partial charge in [0.1, 0.15) is 18.2 Å². The van der Waals surface area contributed by atoms with Crippen molar-refractivity contribution >= 4 is 0 Å². The summed E-state index contributed by atoms with van der Waals surface area (Å²) in [5.74, 6) is 0.652. The third-order valence-corrected chi connectivity index (χ3v) is 2.89. The van der Waals surface area contributed by atoms with Gasteiger partial charge >= 0.3 is 0 Å². The van der Waals surface area contributed by atoms with Gasteiger partial charge in [-0.3, -0.25) is 0 Å². The summed E-state index contributed by atoms with van der Waals surface area (Å²) in [6.07, 6.45) is 0. The SMILES string of the molecule is Cc1cc(C)cc(OCc2ccc(F)cc2C)c1. The van der Waals surface area contributed by atoms with Gasteiger partial charge < -0.3 is 4.74 Å². The molecule has 2 aromatic rings. The monoisotopic (exact) mass is 244 g/mol. The molecule has 0 N–H and O–H groups in total. The zero-order valence-corrected chi connectivity index (χ0v) is 11.0. The maximum atomic E-state index is 13.0. The second-order valence-corrected chi connectivity index (χ2v) is 4.68. The lowest BCUT2D eigenvalue weighted by atomic mass is 10.1. The van der Waals surface area contributed by atoms with E-state index in [1.165, 1.54) is 23.3 Å². The van der Waals surface area contributed by atoms with Crippen LogP contribution in [-0.2, 0) is 6.61 Å². The van der Waals surface area contributed by atoms with Gasteiger partial charge in [0.2, 0.25) is 0 Å². The lowest BCUT2D eigenvalue weighted by Crippen LogP contribution is -1.99. The minimum atomic E-state index is -0.206. The first-order valence-electron chi connectivity index (χ1n) is 6.01. The molecule has 0 atom stereocenters. The van der Waals surface area contributed by atoms with Crippen molar-refractivity contribution in [2.45, 2.75) is 27.4 Å². The highest BCUT2D eigenvalue weighted by atomic mass is 19.1. The van der Waals surface area contributed by atoms with Crippen LogP contribution in [0.4, 0.5) is 4.39 Å². The molecule has 0 amide bonds. The van der Waals surface area contributed by atoms with Crippen molar-refractivity contribution in [3.05, 3.63) is 64.5 Å². The molecule has 0 aliphatic rings. The molecule has 0 spiro atoms. The molecule has 0 saturated carbocycles. The van der Waals surface area contributed by atoms with Crippen LogP contribution in [0.1, 0.15) is 22.3 Å². The van der Waals surface area contributed by atoms with Crippen molar-refractivity contribution in [1.29, 1.82) is 0 Å². The Labute approximate surface area is 107 Å². The third-order valence-electron chi connectivity index (χ3n) is 2.89. The van der Waals surface area contributed by atoms with Crippen molar-refractivity contribution in [2.24, 2.45) is 0 Å². The number of halogens is 1. The molecule has 0 aliphatic carbocycles. The largest absolute Gasteiger partial charge is 0.489 e. The van der Waals surface area contributed by atoms with Gasteiger partial charge in [0.25, 0.3) is 0 Å². The van der Waals surface area contributed by atoms with E-state index in [0.29, 0.717) is 6.61 Å². The van der Waals surface area contributed by atoms with Gasteiger partial charge in [-0.05, 0) is 67.3 Å². The summed E-state index contributed by atoms with van der Waals surface area (Å²) in [6, 6.07) is 10.9. The molecule has 94 valence electrons. The molecule has 0 aliphatic heterocycles. The minimum absolute atomic E-state index is 0.206. The van der Waals surface area contributed by atoms with Crippen LogP contribution in [0, 0.1) is 26.6 Å². The Morgan fingerprint density at radius 1 is 0.944 bits per heavy atom. The summed E-state index contributed by atoms with van der Waals surface area (Å²) in [4.78, 5) is 0. The highest BCUT2D eigenvalue weighted by Gasteiger charge is 2.02. The molecule has 0 bridgehead atoms. The highest BCUT2D eigenvalue weighted by Crippen LogP contribution is 2.19. The zero-order chi connectivity index (χ0) is 13.1. The second-order valence-electron chi connectivity index (χ2n) is 4.68. The fourth-order valence-electron chi connectivity index (χ4n) is 2.00. The van der Waals surface area contributed by atoms with E-state index in [1.807, 2.05) is 32.9 Å². The predicted octanol–water partition coefficient (Wildman–Crippen LogP) is 4.33. The summed E-state index contributed by atoms with van der Waals surface area (Å²) < 4.78 is 18.7. The normalized spacial score (nSPS) is 10.4. The topological polar surface area (TPSA) is 9.23 Å². The Kier molecular flexibility index (Phi) is 3.66. The standard InChI is InChI=1S/C16H17FO/c1-11-6-12(2)8-16(7-11)18-10-14-4-5-15(17)9-13(14)3/h4-9H,10H2,1-3H3. The molecular weight excluding hydrogens is 227 g/mol.